The Morgan fingerprint density at radius 2 is 1.84 bits per heavy atom. The van der Waals surface area contributed by atoms with Crippen LogP contribution in [0, 0.1) is 18.6 Å². The molecule has 0 spiro atoms. The number of alkyl halides is 3. The topological polar surface area (TPSA) is 57.5 Å². The smallest absolute Gasteiger partial charge is 0.414 e. The van der Waals surface area contributed by atoms with Crippen LogP contribution in [0.25, 0.3) is 0 Å². The van der Waals surface area contributed by atoms with Gasteiger partial charge in [0, 0.05) is 11.6 Å². The number of rotatable bonds is 4. The van der Waals surface area contributed by atoms with Gasteiger partial charge in [0.1, 0.15) is 18.2 Å². The van der Waals surface area contributed by atoms with Gasteiger partial charge in [-0.2, -0.15) is 13.2 Å². The van der Waals surface area contributed by atoms with E-state index in [2.05, 4.69) is 4.74 Å². The Balaban J connectivity index is 2.25. The van der Waals surface area contributed by atoms with Gasteiger partial charge in [0.15, 0.2) is 5.75 Å². The molecule has 10 heteroatoms. The molecule has 0 saturated heterocycles. The van der Waals surface area contributed by atoms with E-state index in [0.717, 1.165) is 18.2 Å². The number of carbonyl (C=O) groups excluding carboxylic acids is 1. The molecule has 0 atom stereocenters. The second-order valence-electron chi connectivity index (χ2n) is 4.83. The fourth-order valence-electron chi connectivity index (χ4n) is 1.76. The number of hydrogen-bond acceptors (Lipinski definition) is 4. The van der Waals surface area contributed by atoms with Gasteiger partial charge in [-0.1, -0.05) is 0 Å². The van der Waals surface area contributed by atoms with Crippen LogP contribution in [0.4, 0.5) is 22.0 Å². The molecule has 0 N–H and O–H groups in total. The minimum Gasteiger partial charge on any atom is -0.414 e. The summed E-state index contributed by atoms with van der Waals surface area (Å²) in [5.41, 5.74) is -1.12. The fourth-order valence-corrected chi connectivity index (χ4v) is 1.76. The molecule has 0 radical (unpaired) electrons. The molecule has 1 aromatic carbocycles. The van der Waals surface area contributed by atoms with E-state index in [1.54, 1.807) is 0 Å². The van der Waals surface area contributed by atoms with Gasteiger partial charge in [-0.25, -0.2) is 13.6 Å². The zero-order chi connectivity index (χ0) is 18.8. The molecular formula is C15H10F5NO4. The van der Waals surface area contributed by atoms with Gasteiger partial charge in [0.05, 0.1) is 5.69 Å². The van der Waals surface area contributed by atoms with Crippen molar-refractivity contribution in [1.29, 1.82) is 0 Å². The predicted molar refractivity (Wildman–Crippen MR) is 73.8 cm³/mol. The number of ether oxygens (including phenoxy) is 1. The molecular weight excluding hydrogens is 353 g/mol. The minimum atomic E-state index is -5.28. The Kier molecular flexibility index (Phi) is 5.10. The average Bonchev–Trinajstić information content (AvgIpc) is 2.50. The summed E-state index contributed by atoms with van der Waals surface area (Å²) >= 11 is 0. The summed E-state index contributed by atoms with van der Waals surface area (Å²) in [7, 11) is 0. The van der Waals surface area contributed by atoms with E-state index < -0.39 is 41.7 Å². The van der Waals surface area contributed by atoms with Crippen LogP contribution in [0.1, 0.15) is 11.3 Å². The fraction of sp³-hybridized carbons (Fsp3) is 0.200. The molecule has 0 saturated carbocycles. The third-order valence-electron chi connectivity index (χ3n) is 2.99. The molecule has 0 fully saturated rings. The lowest BCUT2D eigenvalue weighted by Gasteiger charge is -2.13. The number of pyridine rings is 1. The minimum absolute atomic E-state index is 0.0922. The number of carbonyl (C=O) groups is 1. The van der Waals surface area contributed by atoms with Gasteiger partial charge < -0.3 is 9.57 Å². The van der Waals surface area contributed by atoms with Crippen LogP contribution in [-0.4, -0.2) is 16.9 Å². The van der Waals surface area contributed by atoms with Crippen LogP contribution >= 0.6 is 0 Å². The summed E-state index contributed by atoms with van der Waals surface area (Å²) in [6.07, 6.45) is -5.28. The summed E-state index contributed by atoms with van der Waals surface area (Å²) in [6, 6.07) is 4.70. The highest BCUT2D eigenvalue weighted by Crippen LogP contribution is 2.18. The van der Waals surface area contributed by atoms with Crippen molar-refractivity contribution in [3.63, 3.8) is 0 Å². The summed E-state index contributed by atoms with van der Waals surface area (Å²) < 4.78 is 67.5. The lowest BCUT2D eigenvalue weighted by Crippen LogP contribution is -2.34. The maximum atomic E-state index is 13.5. The van der Waals surface area contributed by atoms with Crippen LogP contribution in [0.15, 0.2) is 35.1 Å². The monoisotopic (exact) mass is 363 g/mol. The molecule has 0 amide bonds. The molecule has 0 aliphatic heterocycles. The number of aromatic nitrogens is 1. The number of hydrogen-bond donors (Lipinski definition) is 0. The van der Waals surface area contributed by atoms with E-state index in [9.17, 15) is 31.5 Å². The van der Waals surface area contributed by atoms with Crippen molar-refractivity contribution in [3.05, 3.63) is 63.6 Å². The molecule has 5 nitrogen and oxygen atoms in total. The van der Waals surface area contributed by atoms with E-state index >= 15 is 0 Å². The van der Waals surface area contributed by atoms with E-state index in [1.165, 1.54) is 13.0 Å². The maximum absolute atomic E-state index is 13.5. The Hall–Kier alpha value is -2.91. The Labute approximate surface area is 137 Å². The molecule has 0 aliphatic carbocycles. The molecule has 134 valence electrons. The van der Waals surface area contributed by atoms with Crippen molar-refractivity contribution in [2.45, 2.75) is 19.7 Å². The van der Waals surface area contributed by atoms with Gasteiger partial charge in [-0.3, -0.25) is 4.79 Å². The highest BCUT2D eigenvalue weighted by molar-refractivity contribution is 5.78. The molecule has 0 aliphatic rings. The molecule has 2 aromatic rings. The zero-order valence-electron chi connectivity index (χ0n) is 12.6. The first kappa shape index (κ1) is 18.4. The van der Waals surface area contributed by atoms with E-state index in [1.807, 2.05) is 0 Å². The van der Waals surface area contributed by atoms with Crippen molar-refractivity contribution in [2.24, 2.45) is 0 Å². The standard InChI is InChI=1S/C15H10F5NO4/c1-8-2-5-12(25-14(23)15(18,19)20)13(22)21(8)24-7-9-3-4-10(16)6-11(9)17/h2-6H,7H2,1H3. The van der Waals surface area contributed by atoms with Crippen LogP contribution in [0.3, 0.4) is 0 Å². The normalized spacial score (nSPS) is 11.3. The van der Waals surface area contributed by atoms with Crippen molar-refractivity contribution in [1.82, 2.24) is 4.73 Å². The summed E-state index contributed by atoms with van der Waals surface area (Å²) in [5.74, 6) is -5.21. The molecule has 2 rings (SSSR count). The first-order valence-corrected chi connectivity index (χ1v) is 6.68. The van der Waals surface area contributed by atoms with Gasteiger partial charge in [-0.15, -0.1) is 4.73 Å². The number of halogens is 5. The molecule has 0 bridgehead atoms. The first-order valence-electron chi connectivity index (χ1n) is 6.68. The summed E-state index contributed by atoms with van der Waals surface area (Å²) in [4.78, 5) is 27.9. The molecule has 25 heavy (non-hydrogen) atoms. The van der Waals surface area contributed by atoms with Gasteiger partial charge in [0.2, 0.25) is 0 Å². The van der Waals surface area contributed by atoms with Crippen molar-refractivity contribution in [3.8, 4) is 5.75 Å². The van der Waals surface area contributed by atoms with E-state index in [-0.39, 0.29) is 11.3 Å². The van der Waals surface area contributed by atoms with Crippen molar-refractivity contribution >= 4 is 5.97 Å². The third kappa shape index (κ3) is 4.34. The Morgan fingerprint density at radius 3 is 2.44 bits per heavy atom. The van der Waals surface area contributed by atoms with Crippen molar-refractivity contribution < 1.29 is 36.3 Å². The van der Waals surface area contributed by atoms with Crippen LogP contribution in [0.2, 0.25) is 0 Å². The summed E-state index contributed by atoms with van der Waals surface area (Å²) in [6.45, 7) is 0.876. The second kappa shape index (κ2) is 6.91. The SMILES string of the molecule is Cc1ccc(OC(=O)C(F)(F)F)c(=O)n1OCc1ccc(F)cc1F. The lowest BCUT2D eigenvalue weighted by atomic mass is 10.2. The van der Waals surface area contributed by atoms with Gasteiger partial charge >= 0.3 is 17.7 Å². The Morgan fingerprint density at radius 1 is 1.16 bits per heavy atom. The first-order chi connectivity index (χ1) is 11.6. The van der Waals surface area contributed by atoms with Gasteiger partial charge in [-0.05, 0) is 31.2 Å². The largest absolute Gasteiger partial charge is 0.491 e. The van der Waals surface area contributed by atoms with Crippen molar-refractivity contribution in [2.75, 3.05) is 0 Å². The molecule has 1 heterocycles. The number of nitrogens with zero attached hydrogens (tertiary/aromatic N) is 1. The maximum Gasteiger partial charge on any atom is 0.491 e. The molecule has 0 unspecified atom stereocenters. The summed E-state index contributed by atoms with van der Waals surface area (Å²) in [5, 5.41) is 0. The van der Waals surface area contributed by atoms with E-state index in [0.29, 0.717) is 10.8 Å². The van der Waals surface area contributed by atoms with Crippen LogP contribution < -0.4 is 15.1 Å². The average molecular weight is 363 g/mol. The van der Waals surface area contributed by atoms with E-state index in [4.69, 9.17) is 4.84 Å². The predicted octanol–water partition coefficient (Wildman–Crippen LogP) is 2.53. The number of benzene rings is 1. The highest BCUT2D eigenvalue weighted by Gasteiger charge is 2.41. The number of aryl methyl sites for hydroxylation is 1. The van der Waals surface area contributed by atoms with Crippen LogP contribution in [0.5, 0.6) is 5.75 Å². The molecule has 1 aromatic heterocycles. The third-order valence-corrected chi connectivity index (χ3v) is 2.99. The van der Waals surface area contributed by atoms with Gasteiger partial charge in [0.25, 0.3) is 0 Å². The second-order valence-corrected chi connectivity index (χ2v) is 4.83. The Bertz CT molecular complexity index is 860. The zero-order valence-corrected chi connectivity index (χ0v) is 12.6. The number of esters is 1. The lowest BCUT2D eigenvalue weighted by molar-refractivity contribution is -0.189. The van der Waals surface area contributed by atoms with Crippen LogP contribution in [-0.2, 0) is 11.4 Å². The quantitative estimate of drug-likeness (QED) is 0.619. The highest BCUT2D eigenvalue weighted by atomic mass is 19.4.